The van der Waals surface area contributed by atoms with Crippen LogP contribution in [0.5, 0.6) is 0 Å². The van der Waals surface area contributed by atoms with Gasteiger partial charge >= 0.3 is 0 Å². The summed E-state index contributed by atoms with van der Waals surface area (Å²) in [4.78, 5) is 18.7. The fourth-order valence-electron chi connectivity index (χ4n) is 3.44. The zero-order chi connectivity index (χ0) is 20.5. The number of rotatable bonds is 7. The lowest BCUT2D eigenvalue weighted by molar-refractivity contribution is -0.115. The van der Waals surface area contributed by atoms with Gasteiger partial charge in [-0.05, 0) is 62.3 Å². The Bertz CT molecular complexity index is 786. The van der Waals surface area contributed by atoms with Crippen LogP contribution in [0.15, 0.2) is 52.1 Å². The first kappa shape index (κ1) is 20.9. The monoisotopic (exact) mass is 401 g/mol. The van der Waals surface area contributed by atoms with E-state index in [1.807, 2.05) is 12.1 Å². The van der Waals surface area contributed by atoms with Gasteiger partial charge in [0.2, 0.25) is 5.91 Å². The molecule has 7 nitrogen and oxygen atoms in total. The number of nitrogens with zero attached hydrogens (tertiary/aromatic N) is 2. The first-order valence-corrected chi connectivity index (χ1v) is 9.93. The summed E-state index contributed by atoms with van der Waals surface area (Å²) in [6.45, 7) is 2.75. The number of hydrogen-bond acceptors (Lipinski definition) is 4. The van der Waals surface area contributed by atoms with E-state index in [4.69, 9.17) is 4.42 Å². The Kier molecular flexibility index (Phi) is 7.63. The maximum atomic E-state index is 13.0. The van der Waals surface area contributed by atoms with Crippen molar-refractivity contribution in [1.29, 1.82) is 0 Å². The molecule has 29 heavy (non-hydrogen) atoms. The van der Waals surface area contributed by atoms with Gasteiger partial charge in [0.1, 0.15) is 11.6 Å². The molecule has 1 atom stereocenters. The van der Waals surface area contributed by atoms with E-state index in [-0.39, 0.29) is 24.3 Å². The highest BCUT2D eigenvalue weighted by Crippen LogP contribution is 2.24. The molecule has 1 aromatic heterocycles. The summed E-state index contributed by atoms with van der Waals surface area (Å²) >= 11 is 0. The molecule has 3 rings (SSSR count). The van der Waals surface area contributed by atoms with Gasteiger partial charge in [-0.3, -0.25) is 14.7 Å². The first-order valence-electron chi connectivity index (χ1n) is 9.93. The van der Waals surface area contributed by atoms with Crippen LogP contribution in [0.3, 0.4) is 0 Å². The average molecular weight is 401 g/mol. The molecule has 1 saturated heterocycles. The molecule has 0 radical (unpaired) electrons. The van der Waals surface area contributed by atoms with Crippen molar-refractivity contribution >= 4 is 17.6 Å². The quantitative estimate of drug-likeness (QED) is 0.491. The molecule has 0 bridgehead atoms. The van der Waals surface area contributed by atoms with E-state index >= 15 is 0 Å². The van der Waals surface area contributed by atoms with E-state index < -0.39 is 0 Å². The molecule has 1 unspecified atom stereocenters. The van der Waals surface area contributed by atoms with Crippen LogP contribution in [0.25, 0.3) is 0 Å². The Balaban J connectivity index is 1.50. The molecular formula is C21H28FN5O2. The molecule has 1 aliphatic heterocycles. The number of benzene rings is 1. The fraction of sp³-hybridized carbons (Fsp3) is 0.429. The number of guanidine groups is 1. The third kappa shape index (κ3) is 6.32. The lowest BCUT2D eigenvalue weighted by atomic mass is 10.1. The smallest absolute Gasteiger partial charge is 0.243 e. The lowest BCUT2D eigenvalue weighted by Gasteiger charge is -2.33. The normalized spacial score (nSPS) is 16.3. The van der Waals surface area contributed by atoms with Crippen LogP contribution in [0.2, 0.25) is 0 Å². The average Bonchev–Trinajstić information content (AvgIpc) is 3.27. The highest BCUT2D eigenvalue weighted by Gasteiger charge is 2.24. The Labute approximate surface area is 170 Å². The van der Waals surface area contributed by atoms with Crippen LogP contribution >= 0.6 is 0 Å². The molecule has 8 heteroatoms. The van der Waals surface area contributed by atoms with E-state index in [0.717, 1.165) is 18.8 Å². The molecular weight excluding hydrogens is 373 g/mol. The predicted octanol–water partition coefficient (Wildman–Crippen LogP) is 2.75. The van der Waals surface area contributed by atoms with Crippen molar-refractivity contribution in [2.24, 2.45) is 4.99 Å². The highest BCUT2D eigenvalue weighted by atomic mass is 19.1. The van der Waals surface area contributed by atoms with Gasteiger partial charge in [-0.25, -0.2) is 4.39 Å². The molecule has 156 valence electrons. The number of amides is 1. The van der Waals surface area contributed by atoms with Crippen molar-refractivity contribution in [3.63, 3.8) is 0 Å². The maximum Gasteiger partial charge on any atom is 0.243 e. The van der Waals surface area contributed by atoms with Gasteiger partial charge in [0.15, 0.2) is 5.96 Å². The molecule has 1 fully saturated rings. The van der Waals surface area contributed by atoms with E-state index in [2.05, 4.69) is 25.8 Å². The Morgan fingerprint density at radius 3 is 2.59 bits per heavy atom. The number of hydrogen-bond donors (Lipinski definition) is 3. The van der Waals surface area contributed by atoms with Crippen molar-refractivity contribution in [3.05, 3.63) is 54.2 Å². The molecule has 1 aliphatic rings. The Morgan fingerprint density at radius 1 is 1.17 bits per heavy atom. The third-order valence-corrected chi connectivity index (χ3v) is 4.93. The highest BCUT2D eigenvalue weighted by molar-refractivity contribution is 5.94. The van der Waals surface area contributed by atoms with Crippen molar-refractivity contribution < 1.29 is 13.6 Å². The molecule has 0 saturated carbocycles. The van der Waals surface area contributed by atoms with Crippen molar-refractivity contribution in [2.75, 3.05) is 38.5 Å². The van der Waals surface area contributed by atoms with Crippen LogP contribution in [0.4, 0.5) is 10.1 Å². The second-order valence-electron chi connectivity index (χ2n) is 6.99. The number of carbonyl (C=O) groups excluding carboxylic acids is 1. The van der Waals surface area contributed by atoms with E-state index in [9.17, 15) is 9.18 Å². The van der Waals surface area contributed by atoms with Gasteiger partial charge in [0, 0.05) is 19.3 Å². The van der Waals surface area contributed by atoms with Gasteiger partial charge in [-0.1, -0.05) is 6.42 Å². The van der Waals surface area contributed by atoms with Crippen molar-refractivity contribution in [3.8, 4) is 0 Å². The Hall–Kier alpha value is -2.87. The molecule has 1 aromatic carbocycles. The zero-order valence-corrected chi connectivity index (χ0v) is 16.7. The number of aliphatic imine (C=N–C) groups is 1. The molecule has 1 amide bonds. The van der Waals surface area contributed by atoms with E-state index in [1.54, 1.807) is 13.3 Å². The van der Waals surface area contributed by atoms with Crippen LogP contribution in [0.1, 0.15) is 31.1 Å². The van der Waals surface area contributed by atoms with Crippen molar-refractivity contribution in [1.82, 2.24) is 15.5 Å². The lowest BCUT2D eigenvalue weighted by Crippen LogP contribution is -2.46. The van der Waals surface area contributed by atoms with Gasteiger partial charge < -0.3 is 20.4 Å². The summed E-state index contributed by atoms with van der Waals surface area (Å²) in [5, 5.41) is 9.01. The van der Waals surface area contributed by atoms with Gasteiger partial charge in [0.25, 0.3) is 0 Å². The second kappa shape index (κ2) is 10.6. The number of likely N-dealkylation sites (tertiary alicyclic amines) is 1. The number of halogens is 1. The predicted molar refractivity (Wildman–Crippen MR) is 111 cm³/mol. The molecule has 3 N–H and O–H groups in total. The van der Waals surface area contributed by atoms with Gasteiger partial charge in [-0.15, -0.1) is 0 Å². The first-order chi connectivity index (χ1) is 14.2. The molecule has 2 heterocycles. The van der Waals surface area contributed by atoms with E-state index in [1.165, 1.54) is 43.5 Å². The summed E-state index contributed by atoms with van der Waals surface area (Å²) < 4.78 is 18.6. The van der Waals surface area contributed by atoms with E-state index in [0.29, 0.717) is 18.2 Å². The summed E-state index contributed by atoms with van der Waals surface area (Å²) in [5.74, 6) is 0.875. The maximum absolute atomic E-state index is 13.0. The minimum atomic E-state index is -0.342. The SMILES string of the molecule is CN=C(NCC(=O)Nc1ccc(F)cc1)NCC(c1ccco1)N1CCCCC1. The number of piperidine rings is 1. The third-order valence-electron chi connectivity index (χ3n) is 4.93. The second-order valence-corrected chi connectivity index (χ2v) is 6.99. The molecule has 0 spiro atoms. The number of furan rings is 1. The topological polar surface area (TPSA) is 81.9 Å². The van der Waals surface area contributed by atoms with Crippen LogP contribution < -0.4 is 16.0 Å². The summed E-state index contributed by atoms with van der Waals surface area (Å²) in [6, 6.07) is 9.65. The van der Waals surface area contributed by atoms with Crippen LogP contribution in [0, 0.1) is 5.82 Å². The van der Waals surface area contributed by atoms with Gasteiger partial charge in [-0.2, -0.15) is 0 Å². The summed E-state index contributed by atoms with van der Waals surface area (Å²) in [6.07, 6.45) is 5.34. The molecule has 0 aliphatic carbocycles. The largest absolute Gasteiger partial charge is 0.468 e. The fourth-order valence-corrected chi connectivity index (χ4v) is 3.44. The minimum Gasteiger partial charge on any atom is -0.468 e. The zero-order valence-electron chi connectivity index (χ0n) is 16.7. The summed E-state index contributed by atoms with van der Waals surface area (Å²) in [5.41, 5.74) is 0.545. The van der Waals surface area contributed by atoms with Crippen molar-refractivity contribution in [2.45, 2.75) is 25.3 Å². The molecule has 2 aromatic rings. The van der Waals surface area contributed by atoms with Crippen LogP contribution in [-0.4, -0.2) is 50.0 Å². The Morgan fingerprint density at radius 2 is 1.93 bits per heavy atom. The summed E-state index contributed by atoms with van der Waals surface area (Å²) in [7, 11) is 1.66. The minimum absolute atomic E-state index is 0.0478. The van der Waals surface area contributed by atoms with Crippen LogP contribution in [-0.2, 0) is 4.79 Å². The standard InChI is InChI=1S/C21H28FN5O2/c1-23-21(25-15-20(28)26-17-9-7-16(22)8-10-17)24-14-18(19-6-5-13-29-19)27-11-3-2-4-12-27/h5-10,13,18H,2-4,11-12,14-15H2,1H3,(H,26,28)(H2,23,24,25). The van der Waals surface area contributed by atoms with Gasteiger partial charge in [0.05, 0.1) is 18.8 Å². The number of anilines is 1. The number of carbonyl (C=O) groups is 1. The number of nitrogens with one attached hydrogen (secondary N) is 3.